The van der Waals surface area contributed by atoms with Crippen LogP contribution in [0.1, 0.15) is 27.7 Å². The van der Waals surface area contributed by atoms with Gasteiger partial charge >= 0.3 is 5.97 Å². The van der Waals surface area contributed by atoms with Crippen molar-refractivity contribution in [1.29, 1.82) is 5.26 Å². The van der Waals surface area contributed by atoms with E-state index >= 15 is 0 Å². The van der Waals surface area contributed by atoms with Gasteiger partial charge in [-0.1, -0.05) is 0 Å². The summed E-state index contributed by atoms with van der Waals surface area (Å²) in [6, 6.07) is 2.56. The highest BCUT2D eigenvalue weighted by Gasteiger charge is 3.19. The highest BCUT2D eigenvalue weighted by atomic mass is 16.4. The van der Waals surface area contributed by atoms with Crippen LogP contribution in [0, 0.1) is 57.2 Å². The molecule has 4 atom stereocenters. The van der Waals surface area contributed by atoms with Gasteiger partial charge in [-0.05, 0) is 57.3 Å². The maximum Gasteiger partial charge on any atom is 0.311 e. The molecule has 0 bridgehead atoms. The number of carboxylic acid groups (broad SMARTS) is 1. The van der Waals surface area contributed by atoms with E-state index in [0.717, 1.165) is 0 Å². The molecule has 6 rings (SSSR count). The fourth-order valence-electron chi connectivity index (χ4n) is 8.08. The summed E-state index contributed by atoms with van der Waals surface area (Å²) in [6.07, 6.45) is 0. The summed E-state index contributed by atoms with van der Waals surface area (Å²) in [5.41, 5.74) is -1.92. The molecule has 0 aromatic heterocycles. The van der Waals surface area contributed by atoms with Gasteiger partial charge in [-0.3, -0.25) is 9.59 Å². The molecule has 0 saturated heterocycles. The zero-order chi connectivity index (χ0) is 16.0. The number of carbonyl (C=O) groups excluding carboxylic acids is 1. The predicted molar refractivity (Wildman–Crippen MR) is 75.1 cm³/mol. The summed E-state index contributed by atoms with van der Waals surface area (Å²) in [6.45, 7) is 7.96. The minimum absolute atomic E-state index is 0.0462. The van der Waals surface area contributed by atoms with Crippen LogP contribution in [-0.4, -0.2) is 34.0 Å². The Morgan fingerprint density at radius 1 is 1.05 bits per heavy atom. The monoisotopic (exact) mass is 300 g/mol. The number of carbonyl (C=O) groups is 2. The molecular weight excluding hydrogens is 280 g/mol. The Morgan fingerprint density at radius 2 is 1.55 bits per heavy atom. The van der Waals surface area contributed by atoms with Gasteiger partial charge in [0, 0.05) is 12.1 Å². The molecule has 0 aromatic rings. The Hall–Kier alpha value is -1.57. The number of rotatable bonds is 4. The second-order valence-corrected chi connectivity index (χ2v) is 8.52. The summed E-state index contributed by atoms with van der Waals surface area (Å²) >= 11 is 0. The van der Waals surface area contributed by atoms with Crippen molar-refractivity contribution in [3.63, 3.8) is 0 Å². The molecule has 6 saturated carbocycles. The van der Waals surface area contributed by atoms with Crippen LogP contribution in [0.4, 0.5) is 0 Å². The van der Waals surface area contributed by atoms with E-state index in [9.17, 15) is 20.0 Å². The lowest BCUT2D eigenvalue weighted by Gasteiger charge is -3.11. The van der Waals surface area contributed by atoms with Crippen molar-refractivity contribution in [2.75, 3.05) is 0 Å². The predicted octanol–water partition coefficient (Wildman–Crippen LogP) is 1.35. The normalized spacial score (nSPS) is 56.7. The first-order valence-electron chi connectivity index (χ1n) is 8.26. The standard InChI is InChI=1S/C17H20N2O3/c1-6(2)19(7(3)4)13(20)16-9-8-10(16)12-15(8,5-18)11(9)17(12,16)14(21)22/h6-12H,1-4H3,(H,21,22)/t8?,9-,10-,11-,12-,15?,16?,17?/m1/s1. The SMILES string of the molecule is CC(C)N(C(=O)C12[C@@H]3C4[C@@H]1[C@@H]1C4(C#N)[C@@H]3C12C(=O)O)C(C)C. The number of nitrogens with zero attached hydrogens (tertiary/aromatic N) is 2. The molecule has 0 aromatic carbocycles. The lowest BCUT2D eigenvalue weighted by atomic mass is 8.88. The van der Waals surface area contributed by atoms with Crippen molar-refractivity contribution in [2.45, 2.75) is 39.8 Å². The average molecular weight is 300 g/mol. The van der Waals surface area contributed by atoms with Gasteiger partial charge in [-0.15, -0.1) is 0 Å². The quantitative estimate of drug-likeness (QED) is 0.849. The Balaban J connectivity index is 1.58. The molecule has 116 valence electrons. The molecule has 0 unspecified atom stereocenters. The van der Waals surface area contributed by atoms with Crippen LogP contribution in [0.15, 0.2) is 0 Å². The number of hydrogen-bond donors (Lipinski definition) is 1. The van der Waals surface area contributed by atoms with Crippen molar-refractivity contribution in [3.05, 3.63) is 0 Å². The molecule has 6 fully saturated rings. The van der Waals surface area contributed by atoms with Gasteiger partial charge < -0.3 is 10.0 Å². The Morgan fingerprint density at radius 3 is 1.91 bits per heavy atom. The van der Waals surface area contributed by atoms with Crippen LogP contribution in [0.25, 0.3) is 0 Å². The molecular formula is C17H20N2O3. The van der Waals surface area contributed by atoms with E-state index < -0.39 is 16.8 Å². The van der Waals surface area contributed by atoms with Crippen LogP contribution >= 0.6 is 0 Å². The Bertz CT molecular complexity index is 675. The van der Waals surface area contributed by atoms with Gasteiger partial charge in [0.2, 0.25) is 5.91 Å². The van der Waals surface area contributed by atoms with E-state index in [0.29, 0.717) is 5.92 Å². The van der Waals surface area contributed by atoms with Gasteiger partial charge in [0.25, 0.3) is 0 Å². The highest BCUT2D eigenvalue weighted by molar-refractivity contribution is 6.04. The van der Waals surface area contributed by atoms with E-state index in [2.05, 4.69) is 6.07 Å². The lowest BCUT2D eigenvalue weighted by Crippen LogP contribution is -3.16. The van der Waals surface area contributed by atoms with E-state index in [-0.39, 0.29) is 47.1 Å². The maximum atomic E-state index is 13.3. The van der Waals surface area contributed by atoms with Crippen molar-refractivity contribution >= 4 is 11.9 Å². The molecule has 5 heteroatoms. The summed E-state index contributed by atoms with van der Waals surface area (Å²) < 4.78 is 0. The number of aliphatic carboxylic acids is 1. The molecule has 6 aliphatic rings. The van der Waals surface area contributed by atoms with Crippen LogP contribution < -0.4 is 0 Å². The number of amides is 1. The number of carboxylic acids is 1. The van der Waals surface area contributed by atoms with Gasteiger partial charge in [0.1, 0.15) is 0 Å². The topological polar surface area (TPSA) is 81.4 Å². The first-order valence-corrected chi connectivity index (χ1v) is 8.26. The first-order chi connectivity index (χ1) is 10.3. The summed E-state index contributed by atoms with van der Waals surface area (Å²) in [5.74, 6) is -0.222. The second-order valence-electron chi connectivity index (χ2n) is 8.52. The lowest BCUT2D eigenvalue weighted by molar-refractivity contribution is -0.655. The van der Waals surface area contributed by atoms with Gasteiger partial charge in [0.05, 0.1) is 22.3 Å². The summed E-state index contributed by atoms with van der Waals surface area (Å²) in [5, 5.41) is 19.4. The van der Waals surface area contributed by atoms with Crippen LogP contribution in [0.5, 0.6) is 0 Å². The highest BCUT2D eigenvalue weighted by Crippen LogP contribution is 3.14. The van der Waals surface area contributed by atoms with Gasteiger partial charge in [0.15, 0.2) is 0 Å². The van der Waals surface area contributed by atoms with E-state index in [1.54, 1.807) is 0 Å². The smallest absolute Gasteiger partial charge is 0.311 e. The average Bonchev–Trinajstić information content (AvgIpc) is 2.44. The largest absolute Gasteiger partial charge is 0.481 e. The van der Waals surface area contributed by atoms with Crippen molar-refractivity contribution in [2.24, 2.45) is 45.8 Å². The first kappa shape index (κ1) is 12.9. The fourth-order valence-corrected chi connectivity index (χ4v) is 8.08. The van der Waals surface area contributed by atoms with E-state index in [4.69, 9.17) is 0 Å². The van der Waals surface area contributed by atoms with Crippen LogP contribution in [0.2, 0.25) is 0 Å². The summed E-state index contributed by atoms with van der Waals surface area (Å²) in [7, 11) is 0. The van der Waals surface area contributed by atoms with E-state index in [1.165, 1.54) is 0 Å². The molecule has 0 heterocycles. The number of hydrogen-bond acceptors (Lipinski definition) is 3. The minimum Gasteiger partial charge on any atom is -0.481 e. The molecule has 1 amide bonds. The fraction of sp³-hybridized carbons (Fsp3) is 0.824. The Kier molecular flexibility index (Phi) is 1.72. The molecule has 22 heavy (non-hydrogen) atoms. The molecule has 0 aliphatic heterocycles. The zero-order valence-corrected chi connectivity index (χ0v) is 13.2. The van der Waals surface area contributed by atoms with Crippen molar-refractivity contribution in [1.82, 2.24) is 4.90 Å². The van der Waals surface area contributed by atoms with Crippen molar-refractivity contribution in [3.8, 4) is 6.07 Å². The maximum absolute atomic E-state index is 13.3. The van der Waals surface area contributed by atoms with Crippen LogP contribution in [0.3, 0.4) is 0 Å². The van der Waals surface area contributed by atoms with E-state index in [1.807, 2.05) is 32.6 Å². The molecule has 0 spiro atoms. The third-order valence-electron chi connectivity index (χ3n) is 8.04. The zero-order valence-electron chi connectivity index (χ0n) is 13.2. The molecule has 1 N–H and O–H groups in total. The third-order valence-corrected chi connectivity index (χ3v) is 8.04. The van der Waals surface area contributed by atoms with Gasteiger partial charge in [-0.25, -0.2) is 0 Å². The van der Waals surface area contributed by atoms with Gasteiger partial charge in [-0.2, -0.15) is 5.26 Å². The third kappa shape index (κ3) is 0.655. The second kappa shape index (κ2) is 2.93. The van der Waals surface area contributed by atoms with Crippen molar-refractivity contribution < 1.29 is 14.7 Å². The summed E-state index contributed by atoms with van der Waals surface area (Å²) in [4.78, 5) is 27.2. The molecule has 6 aliphatic carbocycles. The Labute approximate surface area is 129 Å². The number of nitriles is 1. The minimum atomic E-state index is -0.897. The molecule has 0 radical (unpaired) electrons. The van der Waals surface area contributed by atoms with Crippen LogP contribution in [-0.2, 0) is 9.59 Å². The molecule has 5 nitrogen and oxygen atoms in total.